The number of benzene rings is 1. The minimum atomic E-state index is -0.685. The normalized spacial score (nSPS) is 10.7. The number of furan rings is 1. The van der Waals surface area contributed by atoms with Crippen molar-refractivity contribution in [1.82, 2.24) is 5.32 Å². The van der Waals surface area contributed by atoms with E-state index in [2.05, 4.69) is 5.32 Å². The van der Waals surface area contributed by atoms with E-state index >= 15 is 0 Å². The molecule has 0 radical (unpaired) electrons. The predicted octanol–water partition coefficient (Wildman–Crippen LogP) is 2.46. The van der Waals surface area contributed by atoms with E-state index in [1.165, 1.54) is 24.5 Å². The largest absolute Gasteiger partial charge is 0.467 e. The first-order valence-electron chi connectivity index (χ1n) is 6.17. The van der Waals surface area contributed by atoms with Gasteiger partial charge in [0.1, 0.15) is 11.6 Å². The van der Waals surface area contributed by atoms with Gasteiger partial charge in [-0.1, -0.05) is 0 Å². The average Bonchev–Trinajstić information content (AvgIpc) is 2.97. The van der Waals surface area contributed by atoms with E-state index in [-0.39, 0.29) is 17.7 Å². The van der Waals surface area contributed by atoms with Crippen molar-refractivity contribution >= 4 is 16.7 Å². The number of hydrogen-bond acceptors (Lipinski definition) is 4. The van der Waals surface area contributed by atoms with Crippen LogP contribution in [0.1, 0.15) is 16.3 Å². The summed E-state index contributed by atoms with van der Waals surface area (Å²) < 4.78 is 23.2. The summed E-state index contributed by atoms with van der Waals surface area (Å²) in [6.07, 6.45) is 1.49. The average molecular weight is 287 g/mol. The Morgan fingerprint density at radius 1 is 1.24 bits per heavy atom. The molecule has 0 spiro atoms. The summed E-state index contributed by atoms with van der Waals surface area (Å²) in [7, 11) is 0. The Bertz CT molecular complexity index is 852. The molecule has 1 amide bonds. The highest BCUT2D eigenvalue weighted by atomic mass is 19.1. The molecule has 1 aromatic carbocycles. The second-order valence-corrected chi connectivity index (χ2v) is 4.39. The van der Waals surface area contributed by atoms with Crippen LogP contribution in [0.25, 0.3) is 10.8 Å². The molecule has 5 nitrogen and oxygen atoms in total. The molecular weight excluding hydrogens is 277 g/mol. The first-order chi connectivity index (χ1) is 10.1. The van der Waals surface area contributed by atoms with Gasteiger partial charge in [0.25, 0.3) is 5.91 Å². The number of rotatable bonds is 3. The van der Waals surface area contributed by atoms with Crippen LogP contribution in [0.15, 0.2) is 56.3 Å². The van der Waals surface area contributed by atoms with Crippen LogP contribution in [0.3, 0.4) is 0 Å². The smallest absolute Gasteiger partial charge is 0.344 e. The number of carbonyl (C=O) groups excluding carboxylic acids is 1. The van der Waals surface area contributed by atoms with Crippen molar-refractivity contribution in [3.63, 3.8) is 0 Å². The van der Waals surface area contributed by atoms with Crippen LogP contribution in [0.4, 0.5) is 4.39 Å². The van der Waals surface area contributed by atoms with Gasteiger partial charge < -0.3 is 14.2 Å². The van der Waals surface area contributed by atoms with Gasteiger partial charge in [-0.15, -0.1) is 0 Å². The maximum Gasteiger partial charge on any atom is 0.344 e. The molecule has 3 aromatic rings. The zero-order valence-electron chi connectivity index (χ0n) is 10.8. The van der Waals surface area contributed by atoms with Crippen molar-refractivity contribution in [2.45, 2.75) is 6.54 Å². The quantitative estimate of drug-likeness (QED) is 0.803. The van der Waals surface area contributed by atoms with Gasteiger partial charge in [-0.05, 0) is 41.8 Å². The van der Waals surface area contributed by atoms with E-state index in [1.54, 1.807) is 12.1 Å². The topological polar surface area (TPSA) is 72.5 Å². The third kappa shape index (κ3) is 2.69. The zero-order chi connectivity index (χ0) is 14.8. The Morgan fingerprint density at radius 2 is 2.10 bits per heavy atom. The van der Waals surface area contributed by atoms with Crippen molar-refractivity contribution in [3.8, 4) is 0 Å². The fourth-order valence-corrected chi connectivity index (χ4v) is 1.94. The highest BCUT2D eigenvalue weighted by molar-refractivity contribution is 5.95. The highest BCUT2D eigenvalue weighted by Crippen LogP contribution is 2.14. The highest BCUT2D eigenvalue weighted by Gasteiger charge is 2.12. The number of hydrogen-bond donors (Lipinski definition) is 1. The molecule has 0 bridgehead atoms. The Kier molecular flexibility index (Phi) is 3.27. The van der Waals surface area contributed by atoms with E-state index in [1.807, 2.05) is 0 Å². The Hall–Kier alpha value is -2.89. The van der Waals surface area contributed by atoms with Crippen LogP contribution in [0.2, 0.25) is 0 Å². The standard InChI is InChI=1S/C15H10FNO4/c16-10-3-4-12-9(6-10)7-13(21-15(12)19)14(18)17-8-11-2-1-5-20-11/h1-7H,8H2,(H,17,18). The summed E-state index contributed by atoms with van der Waals surface area (Å²) in [6.45, 7) is 0.163. The SMILES string of the molecule is O=C(NCc1ccco1)c1cc2cc(F)ccc2c(=O)o1. The maximum atomic E-state index is 13.2. The number of halogens is 1. The van der Waals surface area contributed by atoms with E-state index in [4.69, 9.17) is 8.83 Å². The second-order valence-electron chi connectivity index (χ2n) is 4.39. The lowest BCUT2D eigenvalue weighted by Crippen LogP contribution is -2.23. The number of carbonyl (C=O) groups is 1. The minimum absolute atomic E-state index is 0.163. The number of nitrogens with one attached hydrogen (secondary N) is 1. The van der Waals surface area contributed by atoms with Crippen molar-refractivity contribution in [3.05, 3.63) is 70.4 Å². The molecule has 0 fully saturated rings. The first-order valence-corrected chi connectivity index (χ1v) is 6.17. The molecule has 2 aromatic heterocycles. The third-order valence-corrected chi connectivity index (χ3v) is 2.95. The van der Waals surface area contributed by atoms with Gasteiger partial charge in [0, 0.05) is 0 Å². The second kappa shape index (κ2) is 5.24. The predicted molar refractivity (Wildman–Crippen MR) is 72.3 cm³/mol. The summed E-state index contributed by atoms with van der Waals surface area (Å²) >= 11 is 0. The molecule has 0 saturated heterocycles. The van der Waals surface area contributed by atoms with Gasteiger partial charge >= 0.3 is 5.63 Å². The molecule has 0 unspecified atom stereocenters. The van der Waals surface area contributed by atoms with Gasteiger partial charge in [0.2, 0.25) is 0 Å². The molecule has 2 heterocycles. The molecule has 0 aliphatic carbocycles. The summed E-state index contributed by atoms with van der Waals surface area (Å²) in [5.74, 6) is -0.674. The van der Waals surface area contributed by atoms with Gasteiger partial charge in [-0.3, -0.25) is 4.79 Å². The van der Waals surface area contributed by atoms with E-state index < -0.39 is 17.3 Å². The minimum Gasteiger partial charge on any atom is -0.467 e. The molecule has 21 heavy (non-hydrogen) atoms. The Labute approximate surface area is 118 Å². The molecule has 3 rings (SSSR count). The lowest BCUT2D eigenvalue weighted by molar-refractivity contribution is 0.0916. The Morgan fingerprint density at radius 3 is 2.86 bits per heavy atom. The van der Waals surface area contributed by atoms with Crippen molar-refractivity contribution < 1.29 is 18.0 Å². The molecule has 106 valence electrons. The molecular formula is C15H10FNO4. The lowest BCUT2D eigenvalue weighted by Gasteiger charge is -2.03. The van der Waals surface area contributed by atoms with Crippen LogP contribution in [-0.4, -0.2) is 5.91 Å². The number of fused-ring (bicyclic) bond motifs is 1. The zero-order valence-corrected chi connectivity index (χ0v) is 10.8. The van der Waals surface area contributed by atoms with Crippen LogP contribution in [-0.2, 0) is 6.54 Å². The van der Waals surface area contributed by atoms with Crippen LogP contribution >= 0.6 is 0 Å². The number of amides is 1. The Balaban J connectivity index is 1.89. The summed E-state index contributed by atoms with van der Waals surface area (Å²) in [6, 6.07) is 8.39. The summed E-state index contributed by atoms with van der Waals surface area (Å²) in [4.78, 5) is 23.7. The lowest BCUT2D eigenvalue weighted by atomic mass is 10.1. The van der Waals surface area contributed by atoms with Crippen molar-refractivity contribution in [1.29, 1.82) is 0 Å². The molecule has 1 N–H and O–H groups in total. The molecule has 0 aliphatic heterocycles. The van der Waals surface area contributed by atoms with Crippen LogP contribution < -0.4 is 10.9 Å². The molecule has 0 aliphatic rings. The fraction of sp³-hybridized carbons (Fsp3) is 0.0667. The first kappa shape index (κ1) is 13.1. The molecule has 6 heteroatoms. The van der Waals surface area contributed by atoms with E-state index in [0.29, 0.717) is 11.1 Å². The summed E-state index contributed by atoms with van der Waals surface area (Å²) in [5, 5.41) is 3.08. The fourth-order valence-electron chi connectivity index (χ4n) is 1.94. The molecule has 0 atom stereocenters. The molecule has 0 saturated carbocycles. The van der Waals surface area contributed by atoms with Gasteiger partial charge in [0.05, 0.1) is 18.2 Å². The van der Waals surface area contributed by atoms with Crippen LogP contribution in [0.5, 0.6) is 0 Å². The van der Waals surface area contributed by atoms with Crippen molar-refractivity contribution in [2.75, 3.05) is 0 Å². The van der Waals surface area contributed by atoms with E-state index in [0.717, 1.165) is 6.07 Å². The van der Waals surface area contributed by atoms with Gasteiger partial charge in [-0.25, -0.2) is 9.18 Å². The van der Waals surface area contributed by atoms with Gasteiger partial charge in [0.15, 0.2) is 5.76 Å². The van der Waals surface area contributed by atoms with Crippen LogP contribution in [0, 0.1) is 5.82 Å². The van der Waals surface area contributed by atoms with Gasteiger partial charge in [-0.2, -0.15) is 0 Å². The summed E-state index contributed by atoms with van der Waals surface area (Å²) in [5.41, 5.74) is -0.685. The van der Waals surface area contributed by atoms with E-state index in [9.17, 15) is 14.0 Å². The monoisotopic (exact) mass is 287 g/mol. The third-order valence-electron chi connectivity index (χ3n) is 2.95. The van der Waals surface area contributed by atoms with Crippen molar-refractivity contribution in [2.24, 2.45) is 0 Å². The maximum absolute atomic E-state index is 13.2.